The van der Waals surface area contributed by atoms with Gasteiger partial charge in [0.25, 0.3) is 11.6 Å². The van der Waals surface area contributed by atoms with Gasteiger partial charge in [-0.25, -0.2) is 9.96 Å². The minimum atomic E-state index is -0.973. The molecule has 0 unspecified atom stereocenters. The molecule has 202 valence electrons. The van der Waals surface area contributed by atoms with Crippen molar-refractivity contribution in [1.29, 1.82) is 0 Å². The van der Waals surface area contributed by atoms with Crippen LogP contribution in [-0.2, 0) is 14.4 Å². The molecular formula is C30H25N3O6S. The van der Waals surface area contributed by atoms with Crippen LogP contribution in [0.3, 0.4) is 0 Å². The van der Waals surface area contributed by atoms with Gasteiger partial charge < -0.3 is 4.74 Å². The predicted molar refractivity (Wildman–Crippen MR) is 151 cm³/mol. The Kier molecular flexibility index (Phi) is 6.79. The number of carbonyl (C=O) groups is 2. The number of thiophene rings is 1. The van der Waals surface area contributed by atoms with Crippen molar-refractivity contribution in [1.82, 2.24) is 0 Å². The molecule has 0 saturated carbocycles. The largest absolute Gasteiger partial charge is 0.494 e. The number of fused-ring (bicyclic) bond motifs is 1. The van der Waals surface area contributed by atoms with E-state index >= 15 is 0 Å². The molecule has 2 saturated heterocycles. The third-order valence-corrected chi connectivity index (χ3v) is 8.18. The monoisotopic (exact) mass is 555 g/mol. The average molecular weight is 556 g/mol. The molecule has 1 aromatic heterocycles. The summed E-state index contributed by atoms with van der Waals surface area (Å²) in [6.07, 6.45) is -0.0990. The molecule has 2 aliphatic rings. The fourth-order valence-corrected chi connectivity index (χ4v) is 6.23. The molecular weight excluding hydrogens is 530 g/mol. The lowest BCUT2D eigenvalue weighted by Crippen LogP contribution is -2.37. The Labute approximate surface area is 234 Å². The number of amides is 2. The summed E-state index contributed by atoms with van der Waals surface area (Å²) in [6.45, 7) is 2.60. The van der Waals surface area contributed by atoms with Crippen molar-refractivity contribution in [2.45, 2.75) is 25.5 Å². The van der Waals surface area contributed by atoms with E-state index in [1.54, 1.807) is 41.5 Å². The standard InChI is InChI=1S/C30H25N3O6S/c1-2-18-38-23-14-12-20(13-15-23)31-29(34)26-27(32(39-28(26)30(31)35)21-6-4-3-5-7-21)25-17-16-24(40-25)19-8-10-22(11-9-19)33(36)37/h3-17,26-28H,2,18H2,1H3/t26-,27+,28+/m0/s1. The number of hydrogen-bond acceptors (Lipinski definition) is 8. The van der Waals surface area contributed by atoms with E-state index in [0.29, 0.717) is 18.0 Å². The maximum atomic E-state index is 13.9. The first-order valence-corrected chi connectivity index (χ1v) is 13.7. The molecule has 3 aromatic carbocycles. The number of ether oxygens (including phenoxy) is 1. The number of para-hydroxylation sites is 1. The molecule has 0 radical (unpaired) electrons. The van der Waals surface area contributed by atoms with Gasteiger partial charge in [-0.05, 0) is 72.6 Å². The van der Waals surface area contributed by atoms with Crippen LogP contribution >= 0.6 is 11.3 Å². The number of benzene rings is 3. The third kappa shape index (κ3) is 4.51. The summed E-state index contributed by atoms with van der Waals surface area (Å²) in [5, 5.41) is 12.7. The van der Waals surface area contributed by atoms with Crippen molar-refractivity contribution < 1.29 is 24.1 Å². The number of imide groups is 1. The van der Waals surface area contributed by atoms with Gasteiger partial charge in [0.2, 0.25) is 5.91 Å². The lowest BCUT2D eigenvalue weighted by molar-refractivity contribution is -0.384. The quantitative estimate of drug-likeness (QED) is 0.146. The number of hydroxylamine groups is 1. The molecule has 6 rings (SSSR count). The SMILES string of the molecule is CCCOc1ccc(N2C(=O)[C@H]3[C@@H](c4ccc(-c5ccc([N+](=O)[O-])cc5)s4)N(c4ccccc4)O[C@H]3C2=O)cc1. The second-order valence-corrected chi connectivity index (χ2v) is 10.6. The van der Waals surface area contributed by atoms with Crippen LogP contribution in [0.15, 0.2) is 91.0 Å². The normalized spacial score (nSPS) is 20.2. The molecule has 2 amide bonds. The van der Waals surface area contributed by atoms with E-state index in [1.807, 2.05) is 49.4 Å². The smallest absolute Gasteiger partial charge is 0.269 e. The van der Waals surface area contributed by atoms with Crippen molar-refractivity contribution >= 4 is 40.2 Å². The Hall–Kier alpha value is -4.54. The molecule has 9 nitrogen and oxygen atoms in total. The van der Waals surface area contributed by atoms with Crippen LogP contribution in [0.2, 0.25) is 0 Å². The van der Waals surface area contributed by atoms with Gasteiger partial charge in [0.1, 0.15) is 17.7 Å². The minimum absolute atomic E-state index is 0.0166. The summed E-state index contributed by atoms with van der Waals surface area (Å²) in [5.41, 5.74) is 2.05. The zero-order chi connectivity index (χ0) is 27.8. The lowest BCUT2D eigenvalue weighted by Gasteiger charge is -2.27. The summed E-state index contributed by atoms with van der Waals surface area (Å²) in [7, 11) is 0. The Balaban J connectivity index is 1.34. The fourth-order valence-electron chi connectivity index (χ4n) is 5.08. The first kappa shape index (κ1) is 25.7. The number of nitro groups is 1. The predicted octanol–water partition coefficient (Wildman–Crippen LogP) is 6.16. The highest BCUT2D eigenvalue weighted by molar-refractivity contribution is 7.15. The molecule has 0 bridgehead atoms. The van der Waals surface area contributed by atoms with Crippen LogP contribution in [-0.4, -0.2) is 29.4 Å². The Morgan fingerprint density at radius 2 is 1.62 bits per heavy atom. The topological polar surface area (TPSA) is 102 Å². The van der Waals surface area contributed by atoms with E-state index in [4.69, 9.17) is 9.57 Å². The number of nitrogens with zero attached hydrogens (tertiary/aromatic N) is 3. The van der Waals surface area contributed by atoms with Gasteiger partial charge in [0.15, 0.2) is 6.10 Å². The number of rotatable bonds is 8. The highest BCUT2D eigenvalue weighted by Gasteiger charge is 2.60. The van der Waals surface area contributed by atoms with Crippen molar-refractivity contribution in [3.8, 4) is 16.2 Å². The van der Waals surface area contributed by atoms with Gasteiger partial charge in [-0.15, -0.1) is 11.3 Å². The maximum Gasteiger partial charge on any atom is 0.269 e. The van der Waals surface area contributed by atoms with E-state index in [0.717, 1.165) is 27.4 Å². The molecule has 2 aliphatic heterocycles. The molecule has 0 aliphatic carbocycles. The molecule has 40 heavy (non-hydrogen) atoms. The van der Waals surface area contributed by atoms with E-state index in [9.17, 15) is 19.7 Å². The van der Waals surface area contributed by atoms with Crippen LogP contribution in [0.4, 0.5) is 17.1 Å². The highest BCUT2D eigenvalue weighted by Crippen LogP contribution is 2.50. The van der Waals surface area contributed by atoms with E-state index in [2.05, 4.69) is 0 Å². The van der Waals surface area contributed by atoms with Crippen molar-refractivity contribution in [3.63, 3.8) is 0 Å². The number of carbonyl (C=O) groups excluding carboxylic acids is 2. The number of anilines is 2. The molecule has 0 spiro atoms. The lowest BCUT2D eigenvalue weighted by atomic mass is 9.95. The molecule has 0 N–H and O–H groups in total. The van der Waals surface area contributed by atoms with Gasteiger partial charge in [0.05, 0.1) is 22.9 Å². The van der Waals surface area contributed by atoms with Crippen LogP contribution in [0, 0.1) is 16.0 Å². The zero-order valence-electron chi connectivity index (χ0n) is 21.5. The molecule has 4 aromatic rings. The van der Waals surface area contributed by atoms with Gasteiger partial charge >= 0.3 is 0 Å². The summed E-state index contributed by atoms with van der Waals surface area (Å²) >= 11 is 1.46. The van der Waals surface area contributed by atoms with Gasteiger partial charge in [0, 0.05) is 21.9 Å². The van der Waals surface area contributed by atoms with Gasteiger partial charge in [-0.3, -0.25) is 24.5 Å². The minimum Gasteiger partial charge on any atom is -0.494 e. The zero-order valence-corrected chi connectivity index (χ0v) is 22.3. The first-order valence-electron chi connectivity index (χ1n) is 12.9. The molecule has 3 heterocycles. The van der Waals surface area contributed by atoms with Gasteiger partial charge in [-0.2, -0.15) is 0 Å². The summed E-state index contributed by atoms with van der Waals surface area (Å²) in [4.78, 5) is 47.3. The summed E-state index contributed by atoms with van der Waals surface area (Å²) in [6, 6.07) is 26.0. The Morgan fingerprint density at radius 1 is 0.900 bits per heavy atom. The van der Waals surface area contributed by atoms with Crippen molar-refractivity contribution in [2.75, 3.05) is 16.6 Å². The molecule has 10 heteroatoms. The highest BCUT2D eigenvalue weighted by atomic mass is 32.1. The van der Waals surface area contributed by atoms with E-state index in [-0.39, 0.29) is 11.6 Å². The number of non-ortho nitro benzene ring substituents is 1. The third-order valence-electron chi connectivity index (χ3n) is 6.97. The number of hydrogen-bond donors (Lipinski definition) is 0. The van der Waals surface area contributed by atoms with Gasteiger partial charge in [-0.1, -0.05) is 25.1 Å². The summed E-state index contributed by atoms with van der Waals surface area (Å²) < 4.78 is 5.64. The number of nitro benzene ring substituents is 1. The Bertz CT molecular complexity index is 1550. The average Bonchev–Trinajstić information content (AvgIpc) is 3.68. The van der Waals surface area contributed by atoms with Crippen LogP contribution in [0.5, 0.6) is 5.75 Å². The van der Waals surface area contributed by atoms with Crippen LogP contribution in [0.25, 0.3) is 10.4 Å². The van der Waals surface area contributed by atoms with Crippen LogP contribution in [0.1, 0.15) is 24.3 Å². The van der Waals surface area contributed by atoms with Crippen molar-refractivity contribution in [3.05, 3.63) is 106 Å². The maximum absolute atomic E-state index is 13.9. The second kappa shape index (κ2) is 10.6. The van der Waals surface area contributed by atoms with E-state index in [1.165, 1.54) is 28.4 Å². The molecule has 3 atom stereocenters. The molecule has 2 fully saturated rings. The van der Waals surface area contributed by atoms with Crippen LogP contribution < -0.4 is 14.7 Å². The first-order chi connectivity index (χ1) is 19.5. The van der Waals surface area contributed by atoms with Crippen molar-refractivity contribution in [2.24, 2.45) is 5.92 Å². The Morgan fingerprint density at radius 3 is 2.30 bits per heavy atom. The second-order valence-electron chi connectivity index (χ2n) is 9.52. The van der Waals surface area contributed by atoms with E-state index < -0.39 is 28.9 Å². The fraction of sp³-hybridized carbons (Fsp3) is 0.200. The summed E-state index contributed by atoms with van der Waals surface area (Å²) in [5.74, 6) is -0.822.